The fraction of sp³-hybridized carbons (Fsp3) is 0. The smallest absolute Gasteiger partial charge is 0.258 e. The van der Waals surface area contributed by atoms with Crippen molar-refractivity contribution < 1.29 is 9.18 Å². The van der Waals surface area contributed by atoms with E-state index < -0.39 is 5.82 Å². The van der Waals surface area contributed by atoms with Gasteiger partial charge in [0.25, 0.3) is 5.91 Å². The Kier molecular flexibility index (Phi) is 2.95. The first-order chi connectivity index (χ1) is 8.16. The second-order valence-corrected chi connectivity index (χ2v) is 3.32. The standard InChI is InChI=1S/C11H9FN4O/c12-9-2-1-8(3-10(9)13)16-11(17)7-4-14-6-15-5-7/h1-6H,13H2,(H,16,17). The molecule has 0 saturated carbocycles. The third kappa shape index (κ3) is 2.54. The Morgan fingerprint density at radius 1 is 1.29 bits per heavy atom. The highest BCUT2D eigenvalue weighted by Crippen LogP contribution is 2.16. The van der Waals surface area contributed by atoms with Gasteiger partial charge in [-0.15, -0.1) is 0 Å². The van der Waals surface area contributed by atoms with Crippen LogP contribution in [0.2, 0.25) is 0 Å². The summed E-state index contributed by atoms with van der Waals surface area (Å²) in [5, 5.41) is 2.56. The van der Waals surface area contributed by atoms with Gasteiger partial charge in [0, 0.05) is 18.1 Å². The molecule has 17 heavy (non-hydrogen) atoms. The Bertz CT molecular complexity index is 544. The number of carbonyl (C=O) groups is 1. The molecule has 0 spiro atoms. The van der Waals surface area contributed by atoms with Crippen molar-refractivity contribution in [1.82, 2.24) is 9.97 Å². The van der Waals surface area contributed by atoms with E-state index in [1.807, 2.05) is 0 Å². The first kappa shape index (κ1) is 11.0. The fourth-order valence-electron chi connectivity index (χ4n) is 1.24. The molecule has 86 valence electrons. The Hall–Kier alpha value is -2.50. The topological polar surface area (TPSA) is 80.9 Å². The summed E-state index contributed by atoms with van der Waals surface area (Å²) in [6.45, 7) is 0. The minimum Gasteiger partial charge on any atom is -0.396 e. The van der Waals surface area contributed by atoms with E-state index in [1.165, 1.54) is 36.9 Å². The molecule has 1 aromatic carbocycles. The summed E-state index contributed by atoms with van der Waals surface area (Å²) in [6.07, 6.45) is 4.09. The molecule has 1 amide bonds. The van der Waals surface area contributed by atoms with Crippen molar-refractivity contribution in [1.29, 1.82) is 0 Å². The average molecular weight is 232 g/mol. The molecule has 6 heteroatoms. The van der Waals surface area contributed by atoms with E-state index in [9.17, 15) is 9.18 Å². The highest BCUT2D eigenvalue weighted by Gasteiger charge is 2.07. The number of anilines is 2. The lowest BCUT2D eigenvalue weighted by Crippen LogP contribution is -2.12. The predicted octanol–water partition coefficient (Wildman–Crippen LogP) is 1.45. The Balaban J connectivity index is 2.16. The Labute approximate surface area is 96.5 Å². The van der Waals surface area contributed by atoms with E-state index in [-0.39, 0.29) is 11.6 Å². The minimum absolute atomic E-state index is 0.0212. The summed E-state index contributed by atoms with van der Waals surface area (Å²) in [7, 11) is 0. The molecule has 2 rings (SSSR count). The van der Waals surface area contributed by atoms with Crippen molar-refractivity contribution in [3.05, 3.63) is 48.3 Å². The first-order valence-electron chi connectivity index (χ1n) is 4.78. The first-order valence-corrected chi connectivity index (χ1v) is 4.78. The lowest BCUT2D eigenvalue weighted by molar-refractivity contribution is 0.102. The quantitative estimate of drug-likeness (QED) is 0.768. The van der Waals surface area contributed by atoms with Crippen molar-refractivity contribution in [3.63, 3.8) is 0 Å². The van der Waals surface area contributed by atoms with Crippen LogP contribution in [0.5, 0.6) is 0 Å². The highest BCUT2D eigenvalue weighted by atomic mass is 19.1. The largest absolute Gasteiger partial charge is 0.396 e. The van der Waals surface area contributed by atoms with Crippen LogP contribution in [-0.4, -0.2) is 15.9 Å². The minimum atomic E-state index is -0.522. The molecule has 0 aliphatic carbocycles. The maximum Gasteiger partial charge on any atom is 0.258 e. The Morgan fingerprint density at radius 2 is 2.00 bits per heavy atom. The summed E-state index contributed by atoms with van der Waals surface area (Å²) < 4.78 is 12.9. The molecule has 2 aromatic rings. The normalized spacial score (nSPS) is 9.94. The number of carbonyl (C=O) groups excluding carboxylic acids is 1. The van der Waals surface area contributed by atoms with Crippen LogP contribution >= 0.6 is 0 Å². The van der Waals surface area contributed by atoms with E-state index >= 15 is 0 Å². The van der Waals surface area contributed by atoms with E-state index in [1.54, 1.807) is 0 Å². The van der Waals surface area contributed by atoms with Gasteiger partial charge in [0.15, 0.2) is 0 Å². The zero-order valence-corrected chi connectivity index (χ0v) is 8.72. The third-order valence-electron chi connectivity index (χ3n) is 2.08. The molecular formula is C11H9FN4O. The molecule has 0 fully saturated rings. The number of halogens is 1. The predicted molar refractivity (Wildman–Crippen MR) is 60.8 cm³/mol. The number of aromatic nitrogens is 2. The summed E-state index contributed by atoms with van der Waals surface area (Å²) in [6, 6.07) is 3.96. The second-order valence-electron chi connectivity index (χ2n) is 3.32. The van der Waals surface area contributed by atoms with Crippen LogP contribution in [0, 0.1) is 5.82 Å². The average Bonchev–Trinajstić information content (AvgIpc) is 2.35. The summed E-state index contributed by atoms with van der Waals surface area (Å²) in [4.78, 5) is 19.1. The molecule has 0 unspecified atom stereocenters. The van der Waals surface area contributed by atoms with Crippen molar-refractivity contribution in [3.8, 4) is 0 Å². The third-order valence-corrected chi connectivity index (χ3v) is 2.08. The van der Waals surface area contributed by atoms with Crippen LogP contribution in [0.1, 0.15) is 10.4 Å². The summed E-state index contributed by atoms with van der Waals surface area (Å²) in [5.41, 5.74) is 6.09. The maximum atomic E-state index is 12.9. The number of rotatable bonds is 2. The van der Waals surface area contributed by atoms with E-state index in [0.717, 1.165) is 0 Å². The molecule has 0 radical (unpaired) electrons. The van der Waals surface area contributed by atoms with Gasteiger partial charge in [-0.05, 0) is 18.2 Å². The van der Waals surface area contributed by atoms with Crippen LogP contribution in [0.15, 0.2) is 36.9 Å². The van der Waals surface area contributed by atoms with Crippen LogP contribution in [0.3, 0.4) is 0 Å². The van der Waals surface area contributed by atoms with Crippen LogP contribution in [0.4, 0.5) is 15.8 Å². The molecule has 0 saturated heterocycles. The number of nitrogens with two attached hydrogens (primary N) is 1. The van der Waals surface area contributed by atoms with Gasteiger partial charge in [0.05, 0.1) is 11.3 Å². The molecule has 1 heterocycles. The molecule has 3 N–H and O–H groups in total. The number of hydrogen-bond donors (Lipinski definition) is 2. The monoisotopic (exact) mass is 232 g/mol. The molecule has 1 aromatic heterocycles. The number of amides is 1. The number of nitrogens with zero attached hydrogens (tertiary/aromatic N) is 2. The molecule has 0 aliphatic rings. The molecule has 5 nitrogen and oxygen atoms in total. The number of nitrogen functional groups attached to an aromatic ring is 1. The molecule has 0 atom stereocenters. The number of nitrogens with one attached hydrogen (secondary N) is 1. The van der Waals surface area contributed by atoms with Crippen molar-refractivity contribution in [2.45, 2.75) is 0 Å². The van der Waals surface area contributed by atoms with Gasteiger partial charge in [-0.2, -0.15) is 0 Å². The fourth-order valence-corrected chi connectivity index (χ4v) is 1.24. The van der Waals surface area contributed by atoms with Gasteiger partial charge < -0.3 is 11.1 Å². The van der Waals surface area contributed by atoms with Crippen LogP contribution in [-0.2, 0) is 0 Å². The Morgan fingerprint density at radius 3 is 2.65 bits per heavy atom. The van der Waals surface area contributed by atoms with E-state index in [0.29, 0.717) is 11.3 Å². The van der Waals surface area contributed by atoms with Gasteiger partial charge in [-0.3, -0.25) is 4.79 Å². The van der Waals surface area contributed by atoms with Crippen LogP contribution < -0.4 is 11.1 Å². The van der Waals surface area contributed by atoms with Crippen molar-refractivity contribution in [2.24, 2.45) is 0 Å². The van der Waals surface area contributed by atoms with E-state index in [2.05, 4.69) is 15.3 Å². The maximum absolute atomic E-state index is 12.9. The van der Waals surface area contributed by atoms with E-state index in [4.69, 9.17) is 5.73 Å². The SMILES string of the molecule is Nc1cc(NC(=O)c2cncnc2)ccc1F. The van der Waals surface area contributed by atoms with Gasteiger partial charge in [-0.25, -0.2) is 14.4 Å². The van der Waals surface area contributed by atoms with Crippen LogP contribution in [0.25, 0.3) is 0 Å². The molecular weight excluding hydrogens is 223 g/mol. The van der Waals surface area contributed by atoms with Crippen molar-refractivity contribution >= 4 is 17.3 Å². The number of hydrogen-bond acceptors (Lipinski definition) is 4. The van der Waals surface area contributed by atoms with Gasteiger partial charge in [0.1, 0.15) is 12.1 Å². The zero-order chi connectivity index (χ0) is 12.3. The second kappa shape index (κ2) is 4.56. The molecule has 0 bridgehead atoms. The highest BCUT2D eigenvalue weighted by molar-refractivity contribution is 6.04. The molecule has 0 aliphatic heterocycles. The summed E-state index contributed by atoms with van der Waals surface area (Å²) in [5.74, 6) is -0.900. The lowest BCUT2D eigenvalue weighted by Gasteiger charge is -2.05. The summed E-state index contributed by atoms with van der Waals surface area (Å²) >= 11 is 0. The lowest BCUT2D eigenvalue weighted by atomic mass is 10.2. The van der Waals surface area contributed by atoms with Gasteiger partial charge in [-0.1, -0.05) is 0 Å². The number of benzene rings is 1. The van der Waals surface area contributed by atoms with Gasteiger partial charge >= 0.3 is 0 Å². The van der Waals surface area contributed by atoms with Crippen molar-refractivity contribution in [2.75, 3.05) is 11.1 Å². The zero-order valence-electron chi connectivity index (χ0n) is 8.72. The van der Waals surface area contributed by atoms with Gasteiger partial charge in [0.2, 0.25) is 0 Å².